The molecule has 1 aliphatic rings. The third kappa shape index (κ3) is 3.12. The van der Waals surface area contributed by atoms with Crippen LogP contribution in [-0.4, -0.2) is 59.5 Å². The van der Waals surface area contributed by atoms with E-state index < -0.39 is 6.61 Å². The van der Waals surface area contributed by atoms with Gasteiger partial charge in [0.15, 0.2) is 0 Å². The summed E-state index contributed by atoms with van der Waals surface area (Å²) in [5.41, 5.74) is 1.74. The smallest absolute Gasteiger partial charge is 0.253 e. The van der Waals surface area contributed by atoms with Gasteiger partial charge in [-0.05, 0) is 19.1 Å². The van der Waals surface area contributed by atoms with Crippen molar-refractivity contribution < 1.29 is 14.7 Å². The van der Waals surface area contributed by atoms with Crippen LogP contribution in [0.3, 0.4) is 0 Å². The molecule has 1 N–H and O–H groups in total. The highest BCUT2D eigenvalue weighted by atomic mass is 16.3. The number of hydrogen-bond acceptors (Lipinski definition) is 3. The number of piperazine rings is 1. The standard InChI is InChI=1S/C14H18N2O3/c1-11-3-2-4-12(9-11)14(19)16-7-5-15(6-8-16)13(18)10-17/h2-4,9,17H,5-8,10H2,1H3. The maximum Gasteiger partial charge on any atom is 0.253 e. The third-order valence-electron chi connectivity index (χ3n) is 3.32. The number of rotatable bonds is 2. The molecule has 0 atom stereocenters. The monoisotopic (exact) mass is 262 g/mol. The summed E-state index contributed by atoms with van der Waals surface area (Å²) in [6, 6.07) is 7.50. The molecule has 0 spiro atoms. The van der Waals surface area contributed by atoms with Crippen LogP contribution in [0.4, 0.5) is 0 Å². The average molecular weight is 262 g/mol. The molecule has 1 heterocycles. The highest BCUT2D eigenvalue weighted by molar-refractivity contribution is 5.94. The van der Waals surface area contributed by atoms with Crippen LogP contribution in [0.25, 0.3) is 0 Å². The second kappa shape index (κ2) is 5.84. The Hall–Kier alpha value is -1.88. The van der Waals surface area contributed by atoms with Gasteiger partial charge in [-0.1, -0.05) is 17.7 Å². The molecule has 1 saturated heterocycles. The molecule has 0 saturated carbocycles. The molecule has 0 unspecified atom stereocenters. The van der Waals surface area contributed by atoms with Gasteiger partial charge >= 0.3 is 0 Å². The molecule has 5 heteroatoms. The van der Waals surface area contributed by atoms with Crippen LogP contribution < -0.4 is 0 Å². The fourth-order valence-corrected chi connectivity index (χ4v) is 2.22. The summed E-state index contributed by atoms with van der Waals surface area (Å²) >= 11 is 0. The largest absolute Gasteiger partial charge is 0.387 e. The maximum atomic E-state index is 12.3. The topological polar surface area (TPSA) is 60.9 Å². The first-order chi connectivity index (χ1) is 9.11. The molecule has 1 aromatic carbocycles. The predicted octanol–water partition coefficient (Wildman–Crippen LogP) is 0.272. The van der Waals surface area contributed by atoms with Crippen molar-refractivity contribution in [2.24, 2.45) is 0 Å². The van der Waals surface area contributed by atoms with Crippen LogP contribution in [0.5, 0.6) is 0 Å². The van der Waals surface area contributed by atoms with Gasteiger partial charge in [-0.15, -0.1) is 0 Å². The van der Waals surface area contributed by atoms with Gasteiger partial charge in [-0.3, -0.25) is 9.59 Å². The van der Waals surface area contributed by atoms with Gasteiger partial charge < -0.3 is 14.9 Å². The normalized spacial score (nSPS) is 15.5. The van der Waals surface area contributed by atoms with Crippen molar-refractivity contribution in [3.05, 3.63) is 35.4 Å². The van der Waals surface area contributed by atoms with E-state index in [2.05, 4.69) is 0 Å². The van der Waals surface area contributed by atoms with Gasteiger partial charge in [0.2, 0.25) is 5.91 Å². The van der Waals surface area contributed by atoms with Crippen molar-refractivity contribution in [3.8, 4) is 0 Å². The molecule has 0 aromatic heterocycles. The summed E-state index contributed by atoms with van der Waals surface area (Å²) in [6.45, 7) is 3.48. The number of aliphatic hydroxyl groups excluding tert-OH is 1. The zero-order valence-corrected chi connectivity index (χ0v) is 11.0. The molecule has 1 aromatic rings. The second-order valence-electron chi connectivity index (χ2n) is 4.70. The van der Waals surface area contributed by atoms with Crippen molar-refractivity contribution in [1.82, 2.24) is 9.80 Å². The lowest BCUT2D eigenvalue weighted by Crippen LogP contribution is -2.51. The molecular formula is C14H18N2O3. The minimum absolute atomic E-state index is 0.000188. The van der Waals surface area contributed by atoms with Crippen LogP contribution in [0.15, 0.2) is 24.3 Å². The number of amides is 2. The predicted molar refractivity (Wildman–Crippen MR) is 70.7 cm³/mol. The van der Waals surface area contributed by atoms with Crippen LogP contribution in [0, 0.1) is 6.92 Å². The number of hydrogen-bond donors (Lipinski definition) is 1. The van der Waals surface area contributed by atoms with E-state index >= 15 is 0 Å². The van der Waals surface area contributed by atoms with E-state index in [0.717, 1.165) is 5.56 Å². The first kappa shape index (κ1) is 13.5. The minimum atomic E-state index is -0.466. The SMILES string of the molecule is Cc1cccc(C(=O)N2CCN(C(=O)CO)CC2)c1. The van der Waals surface area contributed by atoms with Crippen molar-refractivity contribution in [1.29, 1.82) is 0 Å². The van der Waals surface area contributed by atoms with Gasteiger partial charge in [0, 0.05) is 31.7 Å². The van der Waals surface area contributed by atoms with Gasteiger partial charge in [0.05, 0.1) is 0 Å². The summed E-state index contributed by atoms with van der Waals surface area (Å²) in [7, 11) is 0. The van der Waals surface area contributed by atoms with Crippen LogP contribution >= 0.6 is 0 Å². The number of carbonyl (C=O) groups excluding carboxylic acids is 2. The Morgan fingerprint density at radius 1 is 1.16 bits per heavy atom. The molecule has 102 valence electrons. The van der Waals surface area contributed by atoms with Crippen molar-refractivity contribution in [3.63, 3.8) is 0 Å². The zero-order chi connectivity index (χ0) is 13.8. The number of nitrogens with zero attached hydrogens (tertiary/aromatic N) is 2. The Kier molecular flexibility index (Phi) is 4.16. The first-order valence-corrected chi connectivity index (χ1v) is 6.36. The molecule has 5 nitrogen and oxygen atoms in total. The van der Waals surface area contributed by atoms with Crippen LogP contribution in [0.1, 0.15) is 15.9 Å². The molecule has 1 fully saturated rings. The summed E-state index contributed by atoms with van der Waals surface area (Å²) in [5, 5.41) is 8.80. The van der Waals surface area contributed by atoms with Crippen molar-refractivity contribution in [2.45, 2.75) is 6.92 Å². The summed E-state index contributed by atoms with van der Waals surface area (Å²) in [5.74, 6) is -0.276. The number of aryl methyl sites for hydroxylation is 1. The first-order valence-electron chi connectivity index (χ1n) is 6.36. The van der Waals surface area contributed by atoms with E-state index in [1.54, 1.807) is 15.9 Å². The molecule has 1 aliphatic heterocycles. The van der Waals surface area contributed by atoms with Crippen LogP contribution in [0.2, 0.25) is 0 Å². The highest BCUT2D eigenvalue weighted by Gasteiger charge is 2.24. The lowest BCUT2D eigenvalue weighted by Gasteiger charge is -2.34. The fraction of sp³-hybridized carbons (Fsp3) is 0.429. The lowest BCUT2D eigenvalue weighted by molar-refractivity contribution is -0.135. The van der Waals surface area contributed by atoms with Gasteiger partial charge in [0.1, 0.15) is 6.61 Å². The van der Waals surface area contributed by atoms with Gasteiger partial charge in [-0.25, -0.2) is 0 Å². The van der Waals surface area contributed by atoms with E-state index in [9.17, 15) is 9.59 Å². The average Bonchev–Trinajstić information content (AvgIpc) is 2.46. The maximum absolute atomic E-state index is 12.3. The number of carbonyl (C=O) groups is 2. The van der Waals surface area contributed by atoms with Gasteiger partial charge in [-0.2, -0.15) is 0 Å². The Morgan fingerprint density at radius 2 is 1.79 bits per heavy atom. The minimum Gasteiger partial charge on any atom is -0.387 e. The Morgan fingerprint density at radius 3 is 2.37 bits per heavy atom. The lowest BCUT2D eigenvalue weighted by atomic mass is 10.1. The Labute approximate surface area is 112 Å². The molecule has 0 radical (unpaired) electrons. The Balaban J connectivity index is 1.98. The molecule has 2 amide bonds. The van der Waals surface area contributed by atoms with E-state index in [4.69, 9.17) is 5.11 Å². The third-order valence-corrected chi connectivity index (χ3v) is 3.32. The molecular weight excluding hydrogens is 244 g/mol. The highest BCUT2D eigenvalue weighted by Crippen LogP contribution is 2.10. The fourth-order valence-electron chi connectivity index (χ4n) is 2.22. The zero-order valence-electron chi connectivity index (χ0n) is 11.0. The van der Waals surface area contributed by atoms with Crippen LogP contribution in [-0.2, 0) is 4.79 Å². The number of benzene rings is 1. The van der Waals surface area contributed by atoms with E-state index in [0.29, 0.717) is 31.7 Å². The van der Waals surface area contributed by atoms with E-state index in [1.165, 1.54) is 0 Å². The van der Waals surface area contributed by atoms with Crippen molar-refractivity contribution >= 4 is 11.8 Å². The van der Waals surface area contributed by atoms with Gasteiger partial charge in [0.25, 0.3) is 5.91 Å². The van der Waals surface area contributed by atoms with E-state index in [-0.39, 0.29) is 11.8 Å². The second-order valence-corrected chi connectivity index (χ2v) is 4.70. The molecule has 0 aliphatic carbocycles. The molecule has 0 bridgehead atoms. The quantitative estimate of drug-likeness (QED) is 0.832. The summed E-state index contributed by atoms with van der Waals surface area (Å²) in [6.07, 6.45) is 0. The van der Waals surface area contributed by atoms with E-state index in [1.807, 2.05) is 25.1 Å². The summed E-state index contributed by atoms with van der Waals surface area (Å²) < 4.78 is 0. The summed E-state index contributed by atoms with van der Waals surface area (Å²) in [4.78, 5) is 26.9. The molecule has 19 heavy (non-hydrogen) atoms. The Bertz CT molecular complexity index is 479. The molecule has 2 rings (SSSR count). The van der Waals surface area contributed by atoms with Crippen molar-refractivity contribution in [2.75, 3.05) is 32.8 Å². The number of aliphatic hydroxyl groups is 1.